The molecule has 0 atom stereocenters. The average Bonchev–Trinajstić information content (AvgIpc) is 2.24. The lowest BCUT2D eigenvalue weighted by Crippen LogP contribution is -2.34. The van der Waals surface area contributed by atoms with Crippen LogP contribution in [0.1, 0.15) is 62.0 Å². The van der Waals surface area contributed by atoms with E-state index in [9.17, 15) is 4.79 Å². The van der Waals surface area contributed by atoms with Crippen molar-refractivity contribution in [1.29, 1.82) is 0 Å². The van der Waals surface area contributed by atoms with Crippen LogP contribution in [0.4, 0.5) is 0 Å². The SMILES string of the molecule is CC1(C)CCC(C)(C)c2c(C=O)cccc21. The standard InChI is InChI=1S/C15H20O/c1-14(2)8-9-15(3,4)13-11(10-16)6-5-7-12(13)14/h5-7,10H,8-9H2,1-4H3. The van der Waals surface area contributed by atoms with Gasteiger partial charge in [-0.25, -0.2) is 0 Å². The van der Waals surface area contributed by atoms with Crippen LogP contribution in [0.3, 0.4) is 0 Å². The zero-order valence-electron chi connectivity index (χ0n) is 10.6. The monoisotopic (exact) mass is 216 g/mol. The highest BCUT2D eigenvalue weighted by Crippen LogP contribution is 2.46. The molecule has 0 fully saturated rings. The smallest absolute Gasteiger partial charge is 0.150 e. The predicted molar refractivity (Wildman–Crippen MR) is 67.1 cm³/mol. The maximum absolute atomic E-state index is 11.2. The molecule has 2 rings (SSSR count). The number of hydrogen-bond acceptors (Lipinski definition) is 1. The van der Waals surface area contributed by atoms with E-state index in [0.29, 0.717) is 0 Å². The van der Waals surface area contributed by atoms with Gasteiger partial charge in [-0.3, -0.25) is 4.79 Å². The first kappa shape index (κ1) is 11.4. The van der Waals surface area contributed by atoms with Crippen molar-refractivity contribution < 1.29 is 4.79 Å². The molecule has 0 spiro atoms. The van der Waals surface area contributed by atoms with E-state index in [1.165, 1.54) is 17.5 Å². The Morgan fingerprint density at radius 1 is 1.06 bits per heavy atom. The quantitative estimate of drug-likeness (QED) is 0.652. The first-order valence-electron chi connectivity index (χ1n) is 5.98. The summed E-state index contributed by atoms with van der Waals surface area (Å²) in [6.45, 7) is 9.04. The van der Waals surface area contributed by atoms with E-state index >= 15 is 0 Å². The number of aldehydes is 1. The summed E-state index contributed by atoms with van der Waals surface area (Å²) in [4.78, 5) is 11.2. The Morgan fingerprint density at radius 2 is 1.69 bits per heavy atom. The Labute approximate surface area is 97.9 Å². The molecule has 1 aromatic rings. The van der Waals surface area contributed by atoms with E-state index in [1.54, 1.807) is 0 Å². The highest BCUT2D eigenvalue weighted by Gasteiger charge is 2.38. The fourth-order valence-electron chi connectivity index (χ4n) is 2.87. The van der Waals surface area contributed by atoms with Crippen LogP contribution in [0.15, 0.2) is 18.2 Å². The number of benzene rings is 1. The van der Waals surface area contributed by atoms with Gasteiger partial charge in [0.15, 0.2) is 0 Å². The Hall–Kier alpha value is -1.11. The van der Waals surface area contributed by atoms with Gasteiger partial charge in [-0.15, -0.1) is 0 Å². The molecule has 0 aliphatic heterocycles. The lowest BCUT2D eigenvalue weighted by molar-refractivity contribution is 0.112. The fraction of sp³-hybridized carbons (Fsp3) is 0.533. The minimum atomic E-state index is 0.127. The molecule has 0 bridgehead atoms. The Kier molecular flexibility index (Phi) is 2.45. The van der Waals surface area contributed by atoms with E-state index in [0.717, 1.165) is 18.3 Å². The van der Waals surface area contributed by atoms with Crippen LogP contribution < -0.4 is 0 Å². The van der Waals surface area contributed by atoms with Gasteiger partial charge in [0, 0.05) is 5.56 Å². The molecule has 1 heteroatoms. The van der Waals surface area contributed by atoms with E-state index in [2.05, 4.69) is 33.8 Å². The Bertz CT molecular complexity index is 427. The summed E-state index contributed by atoms with van der Waals surface area (Å²) in [6, 6.07) is 6.13. The topological polar surface area (TPSA) is 17.1 Å². The van der Waals surface area contributed by atoms with Gasteiger partial charge in [0.1, 0.15) is 6.29 Å². The van der Waals surface area contributed by atoms with Crippen molar-refractivity contribution in [3.63, 3.8) is 0 Å². The van der Waals surface area contributed by atoms with Crippen molar-refractivity contribution in [3.05, 3.63) is 34.9 Å². The van der Waals surface area contributed by atoms with Gasteiger partial charge in [0.2, 0.25) is 0 Å². The van der Waals surface area contributed by atoms with E-state index in [4.69, 9.17) is 0 Å². The minimum Gasteiger partial charge on any atom is -0.298 e. The largest absolute Gasteiger partial charge is 0.298 e. The van der Waals surface area contributed by atoms with Crippen molar-refractivity contribution >= 4 is 6.29 Å². The second-order valence-electron chi connectivity index (χ2n) is 6.16. The lowest BCUT2D eigenvalue weighted by Gasteiger charge is -2.42. The molecule has 16 heavy (non-hydrogen) atoms. The molecule has 86 valence electrons. The maximum Gasteiger partial charge on any atom is 0.150 e. The van der Waals surface area contributed by atoms with Gasteiger partial charge in [-0.2, -0.15) is 0 Å². The van der Waals surface area contributed by atoms with Gasteiger partial charge >= 0.3 is 0 Å². The molecule has 0 saturated heterocycles. The van der Waals surface area contributed by atoms with Crippen LogP contribution >= 0.6 is 0 Å². The van der Waals surface area contributed by atoms with Crippen molar-refractivity contribution in [2.75, 3.05) is 0 Å². The molecular formula is C15H20O. The molecule has 1 aromatic carbocycles. The van der Waals surface area contributed by atoms with E-state index in [-0.39, 0.29) is 10.8 Å². The molecule has 0 amide bonds. The molecule has 1 aliphatic rings. The summed E-state index contributed by atoms with van der Waals surface area (Å²) >= 11 is 0. The van der Waals surface area contributed by atoms with E-state index < -0.39 is 0 Å². The lowest BCUT2D eigenvalue weighted by atomic mass is 9.62. The maximum atomic E-state index is 11.2. The number of carbonyl (C=O) groups excluding carboxylic acids is 1. The molecule has 0 heterocycles. The average molecular weight is 216 g/mol. The third-order valence-electron chi connectivity index (χ3n) is 4.00. The van der Waals surface area contributed by atoms with Gasteiger partial charge < -0.3 is 0 Å². The summed E-state index contributed by atoms with van der Waals surface area (Å²) < 4.78 is 0. The number of hydrogen-bond donors (Lipinski definition) is 0. The number of fused-ring (bicyclic) bond motifs is 1. The molecular weight excluding hydrogens is 196 g/mol. The van der Waals surface area contributed by atoms with Crippen LogP contribution in [0.25, 0.3) is 0 Å². The summed E-state index contributed by atoms with van der Waals surface area (Å²) in [6.07, 6.45) is 3.34. The first-order valence-corrected chi connectivity index (χ1v) is 5.98. The summed E-state index contributed by atoms with van der Waals surface area (Å²) in [5, 5.41) is 0. The third-order valence-corrected chi connectivity index (χ3v) is 4.00. The van der Waals surface area contributed by atoms with Crippen molar-refractivity contribution in [2.45, 2.75) is 51.4 Å². The van der Waals surface area contributed by atoms with Crippen LogP contribution in [0, 0.1) is 0 Å². The summed E-state index contributed by atoms with van der Waals surface area (Å²) in [5.74, 6) is 0. The van der Waals surface area contributed by atoms with Crippen LogP contribution in [0.2, 0.25) is 0 Å². The number of rotatable bonds is 1. The number of carbonyl (C=O) groups is 1. The fourth-order valence-corrected chi connectivity index (χ4v) is 2.87. The molecule has 1 nitrogen and oxygen atoms in total. The predicted octanol–water partition coefficient (Wildman–Crippen LogP) is 3.85. The minimum absolute atomic E-state index is 0.127. The van der Waals surface area contributed by atoms with Gasteiger partial charge in [0.05, 0.1) is 0 Å². The van der Waals surface area contributed by atoms with Crippen LogP contribution in [-0.2, 0) is 10.8 Å². The summed E-state index contributed by atoms with van der Waals surface area (Å²) in [7, 11) is 0. The second kappa shape index (κ2) is 3.44. The van der Waals surface area contributed by atoms with Crippen molar-refractivity contribution in [3.8, 4) is 0 Å². The third kappa shape index (κ3) is 1.59. The highest BCUT2D eigenvalue weighted by atomic mass is 16.1. The molecule has 0 aromatic heterocycles. The molecule has 0 N–H and O–H groups in total. The first-order chi connectivity index (χ1) is 7.38. The van der Waals surface area contributed by atoms with E-state index in [1.807, 2.05) is 12.1 Å². The highest BCUT2D eigenvalue weighted by molar-refractivity contribution is 5.79. The second-order valence-corrected chi connectivity index (χ2v) is 6.16. The Balaban J connectivity index is 2.74. The molecule has 0 radical (unpaired) electrons. The van der Waals surface area contributed by atoms with Crippen molar-refractivity contribution in [2.24, 2.45) is 0 Å². The zero-order chi connectivity index (χ0) is 12.0. The van der Waals surface area contributed by atoms with Gasteiger partial charge in [-0.05, 0) is 34.8 Å². The van der Waals surface area contributed by atoms with Crippen LogP contribution in [-0.4, -0.2) is 6.29 Å². The zero-order valence-corrected chi connectivity index (χ0v) is 10.6. The normalized spacial score (nSPS) is 21.2. The molecule has 1 aliphatic carbocycles. The van der Waals surface area contributed by atoms with Gasteiger partial charge in [-0.1, -0.05) is 45.9 Å². The van der Waals surface area contributed by atoms with Crippen molar-refractivity contribution in [1.82, 2.24) is 0 Å². The summed E-state index contributed by atoms with van der Waals surface area (Å²) in [5.41, 5.74) is 3.82. The van der Waals surface area contributed by atoms with Crippen LogP contribution in [0.5, 0.6) is 0 Å². The Morgan fingerprint density at radius 3 is 2.31 bits per heavy atom. The van der Waals surface area contributed by atoms with Gasteiger partial charge in [0.25, 0.3) is 0 Å². The molecule has 0 unspecified atom stereocenters. The molecule has 0 saturated carbocycles.